The Labute approximate surface area is 193 Å². The summed E-state index contributed by atoms with van der Waals surface area (Å²) in [5.41, 5.74) is -0.00366. The maximum absolute atomic E-state index is 13.0. The van der Waals surface area contributed by atoms with Gasteiger partial charge in [-0.1, -0.05) is 0 Å². The van der Waals surface area contributed by atoms with Crippen molar-refractivity contribution < 1.29 is 23.8 Å². The molecule has 7 nitrogen and oxygen atoms in total. The molecule has 0 aromatic carbocycles. The van der Waals surface area contributed by atoms with Crippen LogP contribution in [0.4, 0.5) is 4.79 Å². The molecular weight excluding hydrogens is 408 g/mol. The molecule has 4 rings (SSSR count). The van der Waals surface area contributed by atoms with E-state index in [0.29, 0.717) is 12.0 Å². The van der Waals surface area contributed by atoms with E-state index in [9.17, 15) is 9.59 Å². The molecular formula is C25H42N2O5. The zero-order valence-electron chi connectivity index (χ0n) is 20.4. The highest BCUT2D eigenvalue weighted by atomic mass is 16.6. The predicted octanol–water partition coefficient (Wildman–Crippen LogP) is 4.34. The summed E-state index contributed by atoms with van der Waals surface area (Å²) in [4.78, 5) is 29.5. The molecule has 4 aliphatic rings. The first kappa shape index (κ1) is 23.8. The first-order chi connectivity index (χ1) is 15.2. The smallest absolute Gasteiger partial charge is 0.410 e. The van der Waals surface area contributed by atoms with Crippen LogP contribution in [0.1, 0.15) is 85.5 Å². The van der Waals surface area contributed by atoms with E-state index >= 15 is 0 Å². The zero-order valence-corrected chi connectivity index (χ0v) is 20.4. The number of amides is 1. The van der Waals surface area contributed by atoms with E-state index in [1.165, 1.54) is 19.3 Å². The number of rotatable bonds is 6. The van der Waals surface area contributed by atoms with E-state index in [0.717, 1.165) is 58.2 Å². The lowest BCUT2D eigenvalue weighted by Crippen LogP contribution is -2.54. The summed E-state index contributed by atoms with van der Waals surface area (Å²) in [6, 6.07) is 0.0292. The van der Waals surface area contributed by atoms with Gasteiger partial charge in [0, 0.05) is 19.6 Å². The third-order valence-electron chi connectivity index (χ3n) is 7.67. The van der Waals surface area contributed by atoms with Crippen LogP contribution in [-0.4, -0.2) is 72.1 Å². The number of hydrogen-bond acceptors (Lipinski definition) is 6. The van der Waals surface area contributed by atoms with Crippen molar-refractivity contribution in [2.75, 3.05) is 26.2 Å². The fourth-order valence-electron chi connectivity index (χ4n) is 5.72. The fraction of sp³-hybridized carbons (Fsp3) is 0.920. The Morgan fingerprint density at radius 3 is 2.34 bits per heavy atom. The van der Waals surface area contributed by atoms with Gasteiger partial charge in [0.1, 0.15) is 11.8 Å². The minimum atomic E-state index is -0.502. The van der Waals surface area contributed by atoms with Gasteiger partial charge in [-0.2, -0.15) is 0 Å². The van der Waals surface area contributed by atoms with E-state index < -0.39 is 5.60 Å². The third-order valence-corrected chi connectivity index (χ3v) is 7.67. The van der Waals surface area contributed by atoms with Gasteiger partial charge in [-0.15, -0.1) is 0 Å². The Balaban J connectivity index is 1.43. The van der Waals surface area contributed by atoms with Gasteiger partial charge in [0.25, 0.3) is 0 Å². The van der Waals surface area contributed by atoms with Gasteiger partial charge in [0.2, 0.25) is 0 Å². The molecule has 2 saturated carbocycles. The van der Waals surface area contributed by atoms with Crippen molar-refractivity contribution in [1.29, 1.82) is 0 Å². The van der Waals surface area contributed by atoms with Crippen LogP contribution in [0.5, 0.6) is 0 Å². The van der Waals surface area contributed by atoms with E-state index in [1.807, 2.05) is 32.6 Å². The molecule has 7 heteroatoms. The monoisotopic (exact) mass is 450 g/mol. The molecule has 0 aromatic heterocycles. The SMILES string of the molecule is CCOC(=O)[C@H]1CC[C@H](OC([C@@H]2CCCN2C(=O)OC(C)(C)C)N2CCC3(CC3)C2)CC1. The number of ether oxygens (including phenoxy) is 3. The maximum atomic E-state index is 13.0. The second kappa shape index (κ2) is 9.49. The molecule has 0 N–H and O–H groups in total. The van der Waals surface area contributed by atoms with Gasteiger partial charge in [0.05, 0.1) is 24.7 Å². The van der Waals surface area contributed by atoms with Crippen LogP contribution < -0.4 is 0 Å². The molecule has 1 spiro atoms. The van der Waals surface area contributed by atoms with Gasteiger partial charge in [-0.25, -0.2) is 4.79 Å². The van der Waals surface area contributed by atoms with Crippen molar-refractivity contribution in [3.63, 3.8) is 0 Å². The molecule has 2 heterocycles. The van der Waals surface area contributed by atoms with E-state index in [-0.39, 0.29) is 36.4 Å². The molecule has 0 aromatic rings. The van der Waals surface area contributed by atoms with Crippen molar-refractivity contribution in [3.05, 3.63) is 0 Å². The average Bonchev–Trinajstić information content (AvgIpc) is 3.12. The maximum Gasteiger partial charge on any atom is 0.410 e. The van der Waals surface area contributed by atoms with E-state index in [2.05, 4.69) is 4.90 Å². The minimum Gasteiger partial charge on any atom is -0.466 e. The van der Waals surface area contributed by atoms with Crippen molar-refractivity contribution in [1.82, 2.24) is 9.80 Å². The molecule has 32 heavy (non-hydrogen) atoms. The quantitative estimate of drug-likeness (QED) is 0.561. The fourth-order valence-corrected chi connectivity index (χ4v) is 5.72. The summed E-state index contributed by atoms with van der Waals surface area (Å²) >= 11 is 0. The largest absolute Gasteiger partial charge is 0.466 e. The van der Waals surface area contributed by atoms with E-state index in [4.69, 9.17) is 14.2 Å². The predicted molar refractivity (Wildman–Crippen MR) is 121 cm³/mol. The van der Waals surface area contributed by atoms with Crippen LogP contribution in [-0.2, 0) is 19.0 Å². The Kier molecular flexibility index (Phi) is 7.06. The van der Waals surface area contributed by atoms with Gasteiger partial charge < -0.3 is 19.1 Å². The number of esters is 1. The highest BCUT2D eigenvalue weighted by Crippen LogP contribution is 2.53. The van der Waals surface area contributed by atoms with Gasteiger partial charge in [-0.3, -0.25) is 9.69 Å². The van der Waals surface area contributed by atoms with Crippen LogP contribution in [0.25, 0.3) is 0 Å². The highest BCUT2D eigenvalue weighted by Gasteiger charge is 2.52. The van der Waals surface area contributed by atoms with Gasteiger partial charge in [-0.05, 0) is 90.9 Å². The molecule has 1 unspecified atom stereocenters. The van der Waals surface area contributed by atoms with Crippen molar-refractivity contribution in [3.8, 4) is 0 Å². The lowest BCUT2D eigenvalue weighted by molar-refractivity contribution is -0.155. The Bertz CT molecular complexity index is 678. The molecule has 2 atom stereocenters. The lowest BCUT2D eigenvalue weighted by atomic mass is 9.87. The molecule has 2 aliphatic heterocycles. The topological polar surface area (TPSA) is 68.3 Å². The average molecular weight is 451 g/mol. The molecule has 1 amide bonds. The summed E-state index contributed by atoms with van der Waals surface area (Å²) in [6.45, 7) is 10.9. The zero-order chi connectivity index (χ0) is 22.9. The molecule has 0 bridgehead atoms. The van der Waals surface area contributed by atoms with Crippen LogP contribution in [0.3, 0.4) is 0 Å². The minimum absolute atomic E-state index is 0.000451. The van der Waals surface area contributed by atoms with Gasteiger partial charge >= 0.3 is 12.1 Å². The highest BCUT2D eigenvalue weighted by molar-refractivity contribution is 5.72. The van der Waals surface area contributed by atoms with E-state index in [1.54, 1.807) is 0 Å². The molecule has 2 aliphatic carbocycles. The van der Waals surface area contributed by atoms with Crippen LogP contribution in [0, 0.1) is 11.3 Å². The first-order valence-electron chi connectivity index (χ1n) is 12.8. The van der Waals surface area contributed by atoms with Crippen molar-refractivity contribution in [2.24, 2.45) is 11.3 Å². The Hall–Kier alpha value is -1.34. The van der Waals surface area contributed by atoms with Crippen molar-refractivity contribution >= 4 is 12.1 Å². The Morgan fingerprint density at radius 1 is 1.03 bits per heavy atom. The summed E-state index contributed by atoms with van der Waals surface area (Å²) in [6.07, 6.45) is 9.02. The molecule has 4 fully saturated rings. The number of carbonyl (C=O) groups excluding carboxylic acids is 2. The van der Waals surface area contributed by atoms with Crippen LogP contribution in [0.15, 0.2) is 0 Å². The lowest BCUT2D eigenvalue weighted by Gasteiger charge is -2.40. The Morgan fingerprint density at radius 2 is 1.75 bits per heavy atom. The summed E-state index contributed by atoms with van der Waals surface area (Å²) in [5.74, 6) is -0.0656. The van der Waals surface area contributed by atoms with Crippen LogP contribution >= 0.6 is 0 Å². The number of hydrogen-bond donors (Lipinski definition) is 0. The number of nitrogens with zero attached hydrogens (tertiary/aromatic N) is 2. The first-order valence-corrected chi connectivity index (χ1v) is 12.8. The van der Waals surface area contributed by atoms with Crippen molar-refractivity contribution in [2.45, 2.75) is 109 Å². The third kappa shape index (κ3) is 5.58. The normalized spacial score (nSPS) is 31.0. The molecule has 2 saturated heterocycles. The second-order valence-electron chi connectivity index (χ2n) is 11.4. The summed E-state index contributed by atoms with van der Waals surface area (Å²) in [7, 11) is 0. The standard InChI is InChI=1S/C25H42N2O5/c1-5-30-22(28)18-8-10-19(11-9-18)31-21(26-16-14-25(17-26)12-13-25)20-7-6-15-27(20)23(29)32-24(2,3)4/h18-21H,5-17H2,1-4H3/t18-,19-,20-,21?/m0/s1. The summed E-state index contributed by atoms with van der Waals surface area (Å²) < 4.78 is 17.8. The van der Waals surface area contributed by atoms with Gasteiger partial charge in [0.15, 0.2) is 0 Å². The second-order valence-corrected chi connectivity index (χ2v) is 11.4. The molecule has 0 radical (unpaired) electrons. The number of likely N-dealkylation sites (tertiary alicyclic amines) is 2. The number of carbonyl (C=O) groups is 2. The van der Waals surface area contributed by atoms with Crippen LogP contribution in [0.2, 0.25) is 0 Å². The summed E-state index contributed by atoms with van der Waals surface area (Å²) in [5, 5.41) is 0. The molecule has 182 valence electrons.